The van der Waals surface area contributed by atoms with Gasteiger partial charge >= 0.3 is 5.97 Å². The van der Waals surface area contributed by atoms with E-state index in [1.165, 1.54) is 18.2 Å². The van der Waals surface area contributed by atoms with E-state index in [9.17, 15) is 18.4 Å². The van der Waals surface area contributed by atoms with Crippen LogP contribution in [0.2, 0.25) is 0 Å². The number of benzene rings is 1. The third-order valence-corrected chi connectivity index (χ3v) is 3.86. The van der Waals surface area contributed by atoms with Gasteiger partial charge in [0.05, 0.1) is 0 Å². The number of aliphatic carboxylic acids is 1. The van der Waals surface area contributed by atoms with E-state index in [-0.39, 0.29) is 29.7 Å². The van der Waals surface area contributed by atoms with Crippen molar-refractivity contribution < 1.29 is 23.5 Å². The van der Waals surface area contributed by atoms with Gasteiger partial charge in [-0.3, -0.25) is 9.59 Å². The predicted octanol–water partition coefficient (Wildman–Crippen LogP) is 2.83. The van der Waals surface area contributed by atoms with Gasteiger partial charge in [-0.2, -0.15) is 0 Å². The maximum absolute atomic E-state index is 13.6. The quantitative estimate of drug-likeness (QED) is 0.726. The van der Waals surface area contributed by atoms with E-state index >= 15 is 0 Å². The minimum Gasteiger partial charge on any atom is -0.481 e. The standard InChI is InChI=1S/C16H19F2NO3/c17-12-5-4-6-13(18)15(12)10-9-11(10)16(22)19-8-3-1-2-7-14(20)21/h4-6,10-11H,1-3,7-9H2,(H,19,22)(H,20,21). The van der Waals surface area contributed by atoms with Gasteiger partial charge in [-0.25, -0.2) is 8.78 Å². The molecule has 1 aliphatic carbocycles. The smallest absolute Gasteiger partial charge is 0.303 e. The van der Waals surface area contributed by atoms with Crippen molar-refractivity contribution in [3.8, 4) is 0 Å². The van der Waals surface area contributed by atoms with Crippen LogP contribution in [0, 0.1) is 17.6 Å². The average molecular weight is 311 g/mol. The SMILES string of the molecule is O=C(O)CCCCCNC(=O)C1CC1c1c(F)cccc1F. The molecule has 0 radical (unpaired) electrons. The molecule has 4 nitrogen and oxygen atoms in total. The second-order valence-electron chi connectivity index (χ2n) is 5.58. The van der Waals surface area contributed by atoms with Crippen molar-refractivity contribution in [1.82, 2.24) is 5.32 Å². The van der Waals surface area contributed by atoms with E-state index in [2.05, 4.69) is 5.32 Å². The van der Waals surface area contributed by atoms with Gasteiger partial charge in [0.2, 0.25) is 5.91 Å². The summed E-state index contributed by atoms with van der Waals surface area (Å²) in [5.74, 6) is -2.97. The lowest BCUT2D eigenvalue weighted by atomic mass is 10.1. The van der Waals surface area contributed by atoms with Crippen molar-refractivity contribution >= 4 is 11.9 Å². The first-order chi connectivity index (χ1) is 10.5. The third-order valence-electron chi connectivity index (χ3n) is 3.86. The third kappa shape index (κ3) is 4.26. The summed E-state index contributed by atoms with van der Waals surface area (Å²) in [6.07, 6.45) is 2.60. The number of hydrogen-bond acceptors (Lipinski definition) is 2. The van der Waals surface area contributed by atoms with E-state index in [0.29, 0.717) is 25.8 Å². The Bertz CT molecular complexity index is 542. The molecule has 2 rings (SSSR count). The molecule has 6 heteroatoms. The van der Waals surface area contributed by atoms with Crippen LogP contribution in [-0.4, -0.2) is 23.5 Å². The summed E-state index contributed by atoms with van der Waals surface area (Å²) in [5.41, 5.74) is 0.00380. The summed E-state index contributed by atoms with van der Waals surface area (Å²) in [5, 5.41) is 11.2. The Morgan fingerprint density at radius 1 is 1.18 bits per heavy atom. The van der Waals surface area contributed by atoms with Crippen molar-refractivity contribution in [1.29, 1.82) is 0 Å². The highest BCUT2D eigenvalue weighted by Gasteiger charge is 2.46. The second-order valence-corrected chi connectivity index (χ2v) is 5.58. The van der Waals surface area contributed by atoms with Crippen LogP contribution in [0.1, 0.15) is 43.6 Å². The highest BCUT2D eigenvalue weighted by Crippen LogP contribution is 2.49. The molecule has 120 valence electrons. The minimum absolute atomic E-state index is 0.00380. The van der Waals surface area contributed by atoms with Crippen molar-refractivity contribution in [3.05, 3.63) is 35.4 Å². The maximum Gasteiger partial charge on any atom is 0.303 e. The number of hydrogen-bond donors (Lipinski definition) is 2. The lowest BCUT2D eigenvalue weighted by molar-refractivity contribution is -0.137. The van der Waals surface area contributed by atoms with E-state index in [1.54, 1.807) is 0 Å². The van der Waals surface area contributed by atoms with Gasteiger partial charge in [-0.05, 0) is 31.4 Å². The monoisotopic (exact) mass is 311 g/mol. The second kappa shape index (κ2) is 7.33. The minimum atomic E-state index is -0.822. The Hall–Kier alpha value is -1.98. The molecule has 0 spiro atoms. The Morgan fingerprint density at radius 3 is 2.50 bits per heavy atom. The van der Waals surface area contributed by atoms with Crippen LogP contribution in [0.15, 0.2) is 18.2 Å². The average Bonchev–Trinajstić information content (AvgIpc) is 3.22. The van der Waals surface area contributed by atoms with Gasteiger partial charge in [0, 0.05) is 30.4 Å². The summed E-state index contributed by atoms with van der Waals surface area (Å²) < 4.78 is 27.2. The van der Waals surface area contributed by atoms with Gasteiger partial charge < -0.3 is 10.4 Å². The maximum atomic E-state index is 13.6. The summed E-state index contributed by atoms with van der Waals surface area (Å²) in [6.45, 7) is 0.460. The molecule has 1 aliphatic rings. The van der Waals surface area contributed by atoms with Crippen LogP contribution in [0.4, 0.5) is 8.78 Å². The van der Waals surface area contributed by atoms with E-state index < -0.39 is 17.6 Å². The Labute approximate surface area is 127 Å². The molecule has 1 amide bonds. The summed E-state index contributed by atoms with van der Waals surface area (Å²) in [4.78, 5) is 22.2. The molecule has 0 aromatic heterocycles. The molecule has 1 aromatic rings. The van der Waals surface area contributed by atoms with Crippen LogP contribution < -0.4 is 5.32 Å². The first kappa shape index (κ1) is 16.4. The number of carboxylic acids is 1. The fourth-order valence-electron chi connectivity index (χ4n) is 2.59. The molecule has 0 heterocycles. The zero-order chi connectivity index (χ0) is 16.1. The zero-order valence-electron chi connectivity index (χ0n) is 12.1. The van der Waals surface area contributed by atoms with Gasteiger partial charge in [0.15, 0.2) is 0 Å². The number of nitrogens with one attached hydrogen (secondary N) is 1. The number of carboxylic acid groups (broad SMARTS) is 1. The molecule has 2 unspecified atom stereocenters. The lowest BCUT2D eigenvalue weighted by Crippen LogP contribution is -2.26. The number of halogens is 2. The van der Waals surface area contributed by atoms with Crippen molar-refractivity contribution in [2.75, 3.05) is 6.54 Å². The summed E-state index contributed by atoms with van der Waals surface area (Å²) in [7, 11) is 0. The summed E-state index contributed by atoms with van der Waals surface area (Å²) in [6, 6.07) is 3.71. The number of carbonyl (C=O) groups excluding carboxylic acids is 1. The fourth-order valence-corrected chi connectivity index (χ4v) is 2.59. The topological polar surface area (TPSA) is 66.4 Å². The van der Waals surface area contributed by atoms with Crippen LogP contribution in [0.3, 0.4) is 0 Å². The first-order valence-corrected chi connectivity index (χ1v) is 7.44. The largest absolute Gasteiger partial charge is 0.481 e. The zero-order valence-corrected chi connectivity index (χ0v) is 12.1. The number of unbranched alkanes of at least 4 members (excludes halogenated alkanes) is 2. The van der Waals surface area contributed by atoms with E-state index in [4.69, 9.17) is 5.11 Å². The van der Waals surface area contributed by atoms with E-state index in [0.717, 1.165) is 6.42 Å². The van der Waals surface area contributed by atoms with Crippen LogP contribution >= 0.6 is 0 Å². The predicted molar refractivity (Wildman–Crippen MR) is 76.3 cm³/mol. The molecule has 1 saturated carbocycles. The van der Waals surface area contributed by atoms with Crippen LogP contribution in [0.5, 0.6) is 0 Å². The van der Waals surface area contributed by atoms with Gasteiger partial charge in [-0.1, -0.05) is 12.5 Å². The van der Waals surface area contributed by atoms with Crippen molar-refractivity contribution in [2.24, 2.45) is 5.92 Å². The lowest BCUT2D eigenvalue weighted by Gasteiger charge is -2.06. The van der Waals surface area contributed by atoms with Gasteiger partial charge in [0.25, 0.3) is 0 Å². The highest BCUT2D eigenvalue weighted by molar-refractivity contribution is 5.82. The number of amides is 1. The van der Waals surface area contributed by atoms with Gasteiger partial charge in [0.1, 0.15) is 11.6 Å². The molecule has 0 aliphatic heterocycles. The van der Waals surface area contributed by atoms with Crippen molar-refractivity contribution in [2.45, 2.75) is 38.0 Å². The molecule has 1 aromatic carbocycles. The molecular formula is C16H19F2NO3. The molecule has 22 heavy (non-hydrogen) atoms. The Kier molecular flexibility index (Phi) is 5.46. The Morgan fingerprint density at radius 2 is 1.86 bits per heavy atom. The fraction of sp³-hybridized carbons (Fsp3) is 0.500. The molecule has 0 bridgehead atoms. The molecule has 0 saturated heterocycles. The molecule has 2 N–H and O–H groups in total. The molecule has 2 atom stereocenters. The molecule has 1 fully saturated rings. The normalized spacial score (nSPS) is 19.7. The first-order valence-electron chi connectivity index (χ1n) is 7.44. The van der Waals surface area contributed by atoms with Gasteiger partial charge in [-0.15, -0.1) is 0 Å². The Balaban J connectivity index is 1.71. The van der Waals surface area contributed by atoms with Crippen LogP contribution in [-0.2, 0) is 9.59 Å². The van der Waals surface area contributed by atoms with Crippen LogP contribution in [0.25, 0.3) is 0 Å². The van der Waals surface area contributed by atoms with E-state index in [1.807, 2.05) is 0 Å². The summed E-state index contributed by atoms with van der Waals surface area (Å²) >= 11 is 0. The highest BCUT2D eigenvalue weighted by atomic mass is 19.1. The van der Waals surface area contributed by atoms with Crippen molar-refractivity contribution in [3.63, 3.8) is 0 Å². The number of rotatable bonds is 8. The molecular weight excluding hydrogens is 292 g/mol. The number of carbonyl (C=O) groups is 2.